The summed E-state index contributed by atoms with van der Waals surface area (Å²) < 4.78 is 7.93. The van der Waals surface area contributed by atoms with Crippen LogP contribution in [-0.4, -0.2) is 21.5 Å². The van der Waals surface area contributed by atoms with Gasteiger partial charge in [-0.2, -0.15) is 5.10 Å². The number of ether oxygens (including phenoxy) is 1. The second-order valence-corrected chi connectivity index (χ2v) is 6.18. The monoisotopic (exact) mass is 336 g/mol. The summed E-state index contributed by atoms with van der Waals surface area (Å²) >= 11 is 0. The number of benzene rings is 2. The van der Waals surface area contributed by atoms with Crippen molar-refractivity contribution in [3.05, 3.63) is 83.2 Å². The molecule has 0 aliphatic rings. The molecule has 0 aliphatic heterocycles. The van der Waals surface area contributed by atoms with Crippen LogP contribution in [0.3, 0.4) is 0 Å². The largest absolute Gasteiger partial charge is 0.487 e. The molecule has 3 aromatic rings. The van der Waals surface area contributed by atoms with Gasteiger partial charge in [-0.1, -0.05) is 42.5 Å². The number of aliphatic hydroxyl groups is 1. The maximum atomic E-state index is 8.89. The topological polar surface area (TPSA) is 47.3 Å². The van der Waals surface area contributed by atoms with E-state index in [1.807, 2.05) is 41.9 Å². The summed E-state index contributed by atoms with van der Waals surface area (Å²) in [6.07, 6.45) is 1.68. The lowest BCUT2D eigenvalue weighted by Gasteiger charge is -2.10. The van der Waals surface area contributed by atoms with Crippen molar-refractivity contribution in [2.75, 3.05) is 6.61 Å². The van der Waals surface area contributed by atoms with Crippen LogP contribution in [-0.2, 0) is 19.6 Å². The number of hydrogen-bond acceptors (Lipinski definition) is 3. The van der Waals surface area contributed by atoms with Crippen molar-refractivity contribution >= 4 is 0 Å². The second-order valence-electron chi connectivity index (χ2n) is 6.18. The molecular formula is C21H24N2O2. The molecule has 4 heteroatoms. The van der Waals surface area contributed by atoms with E-state index in [1.165, 1.54) is 11.1 Å². The lowest BCUT2D eigenvalue weighted by atomic mass is 10.1. The number of aryl methyl sites for hydroxylation is 2. The average Bonchev–Trinajstić information content (AvgIpc) is 2.99. The Hall–Kier alpha value is -2.59. The first kappa shape index (κ1) is 17.2. The summed E-state index contributed by atoms with van der Waals surface area (Å²) in [6.45, 7) is 3.46. The summed E-state index contributed by atoms with van der Waals surface area (Å²) in [7, 11) is 0. The molecule has 25 heavy (non-hydrogen) atoms. The van der Waals surface area contributed by atoms with E-state index in [0.29, 0.717) is 6.61 Å². The molecule has 130 valence electrons. The Morgan fingerprint density at radius 3 is 2.48 bits per heavy atom. The minimum Gasteiger partial charge on any atom is -0.487 e. The van der Waals surface area contributed by atoms with Crippen molar-refractivity contribution in [3.63, 3.8) is 0 Å². The second kappa shape index (κ2) is 8.49. The van der Waals surface area contributed by atoms with E-state index in [1.54, 1.807) is 0 Å². The van der Waals surface area contributed by atoms with Crippen molar-refractivity contribution in [2.24, 2.45) is 0 Å². The van der Waals surface area contributed by atoms with Crippen LogP contribution < -0.4 is 4.74 Å². The molecule has 0 radical (unpaired) electrons. The zero-order chi connectivity index (χ0) is 17.5. The maximum Gasteiger partial charge on any atom is 0.130 e. The Morgan fingerprint density at radius 2 is 1.76 bits per heavy atom. The van der Waals surface area contributed by atoms with Crippen LogP contribution in [0.2, 0.25) is 0 Å². The molecule has 0 aliphatic carbocycles. The highest BCUT2D eigenvalue weighted by Crippen LogP contribution is 2.16. The van der Waals surface area contributed by atoms with Gasteiger partial charge < -0.3 is 9.84 Å². The Bertz CT molecular complexity index is 779. The van der Waals surface area contributed by atoms with Crippen molar-refractivity contribution in [1.29, 1.82) is 0 Å². The van der Waals surface area contributed by atoms with Gasteiger partial charge in [-0.3, -0.25) is 4.68 Å². The van der Waals surface area contributed by atoms with Gasteiger partial charge in [0.15, 0.2) is 0 Å². The first-order chi connectivity index (χ1) is 12.2. The Balaban J connectivity index is 1.63. The number of rotatable bonds is 8. The number of nitrogens with zero attached hydrogens (tertiary/aromatic N) is 2. The van der Waals surface area contributed by atoms with Crippen molar-refractivity contribution in [3.8, 4) is 5.75 Å². The summed E-state index contributed by atoms with van der Waals surface area (Å²) in [5.74, 6) is 0.845. The van der Waals surface area contributed by atoms with Gasteiger partial charge in [0.1, 0.15) is 12.4 Å². The molecule has 0 unspecified atom stereocenters. The predicted molar refractivity (Wildman–Crippen MR) is 98.7 cm³/mol. The molecule has 0 saturated heterocycles. The number of hydrogen-bond donors (Lipinski definition) is 1. The maximum absolute atomic E-state index is 8.89. The van der Waals surface area contributed by atoms with Gasteiger partial charge >= 0.3 is 0 Å². The molecule has 0 bridgehead atoms. The van der Waals surface area contributed by atoms with Gasteiger partial charge in [-0.15, -0.1) is 0 Å². The van der Waals surface area contributed by atoms with Crippen LogP contribution >= 0.6 is 0 Å². The van der Waals surface area contributed by atoms with E-state index in [2.05, 4.69) is 35.4 Å². The third-order valence-electron chi connectivity index (χ3n) is 4.09. The smallest absolute Gasteiger partial charge is 0.130 e. The van der Waals surface area contributed by atoms with E-state index in [4.69, 9.17) is 9.84 Å². The minimum absolute atomic E-state index is 0.225. The first-order valence-electron chi connectivity index (χ1n) is 8.64. The van der Waals surface area contributed by atoms with Gasteiger partial charge in [0, 0.05) is 6.61 Å². The van der Waals surface area contributed by atoms with Gasteiger partial charge in [0.25, 0.3) is 0 Å². The van der Waals surface area contributed by atoms with E-state index < -0.39 is 0 Å². The van der Waals surface area contributed by atoms with Gasteiger partial charge in [-0.05, 0) is 49.1 Å². The van der Waals surface area contributed by atoms with Gasteiger partial charge in [-0.25, -0.2) is 0 Å². The average molecular weight is 336 g/mol. The Labute approximate surface area is 148 Å². The Kier molecular flexibility index (Phi) is 5.86. The standard InChI is InChI=1S/C21H24N2O2/c1-17-14-20(23(22-17)15-19-6-3-2-4-7-19)16-25-21-11-9-18(10-12-21)8-5-13-24/h2-4,6-7,9-12,14,24H,5,8,13,15-16H2,1H3. The fraction of sp³-hybridized carbons (Fsp3) is 0.286. The molecule has 1 aromatic heterocycles. The third kappa shape index (κ3) is 4.94. The SMILES string of the molecule is Cc1cc(COc2ccc(CCCO)cc2)n(Cc2ccccc2)n1. The number of aliphatic hydroxyl groups excluding tert-OH is 1. The van der Waals surface area contributed by atoms with Crippen LogP contribution in [0.15, 0.2) is 60.7 Å². The molecule has 0 spiro atoms. The van der Waals surface area contributed by atoms with E-state index in [0.717, 1.165) is 36.5 Å². The van der Waals surface area contributed by atoms with Crippen LogP contribution in [0.25, 0.3) is 0 Å². The van der Waals surface area contributed by atoms with Crippen LogP contribution in [0, 0.1) is 6.92 Å². The minimum atomic E-state index is 0.225. The summed E-state index contributed by atoms with van der Waals surface area (Å²) in [5, 5.41) is 13.5. The fourth-order valence-electron chi connectivity index (χ4n) is 2.80. The quantitative estimate of drug-likeness (QED) is 0.681. The zero-order valence-electron chi connectivity index (χ0n) is 14.6. The summed E-state index contributed by atoms with van der Waals surface area (Å²) in [4.78, 5) is 0. The van der Waals surface area contributed by atoms with Gasteiger partial charge in [0.2, 0.25) is 0 Å². The molecule has 1 heterocycles. The van der Waals surface area contributed by atoms with Crippen molar-refractivity contribution in [1.82, 2.24) is 9.78 Å². The molecule has 1 N–H and O–H groups in total. The fourth-order valence-corrected chi connectivity index (χ4v) is 2.80. The molecule has 0 atom stereocenters. The lowest BCUT2D eigenvalue weighted by Crippen LogP contribution is -2.09. The molecule has 0 saturated carbocycles. The van der Waals surface area contributed by atoms with E-state index in [-0.39, 0.29) is 6.61 Å². The molecule has 4 nitrogen and oxygen atoms in total. The van der Waals surface area contributed by atoms with Crippen molar-refractivity contribution in [2.45, 2.75) is 32.9 Å². The lowest BCUT2D eigenvalue weighted by molar-refractivity contribution is 0.288. The highest BCUT2D eigenvalue weighted by Gasteiger charge is 2.07. The van der Waals surface area contributed by atoms with Crippen LogP contribution in [0.1, 0.15) is 28.9 Å². The van der Waals surface area contributed by atoms with Crippen molar-refractivity contribution < 1.29 is 9.84 Å². The third-order valence-corrected chi connectivity index (χ3v) is 4.09. The molecule has 2 aromatic carbocycles. The molecular weight excluding hydrogens is 312 g/mol. The molecule has 3 rings (SSSR count). The first-order valence-corrected chi connectivity index (χ1v) is 8.64. The summed E-state index contributed by atoms with van der Waals surface area (Å²) in [5.41, 5.74) is 4.49. The van der Waals surface area contributed by atoms with E-state index >= 15 is 0 Å². The zero-order valence-corrected chi connectivity index (χ0v) is 14.6. The molecule has 0 amide bonds. The highest BCUT2D eigenvalue weighted by atomic mass is 16.5. The Morgan fingerprint density at radius 1 is 1.00 bits per heavy atom. The molecule has 0 fully saturated rings. The van der Waals surface area contributed by atoms with Crippen LogP contribution in [0.4, 0.5) is 0 Å². The van der Waals surface area contributed by atoms with Crippen LogP contribution in [0.5, 0.6) is 5.75 Å². The predicted octanol–water partition coefficient (Wildman–Crippen LogP) is 3.74. The number of aromatic nitrogens is 2. The van der Waals surface area contributed by atoms with Gasteiger partial charge in [0.05, 0.1) is 17.9 Å². The normalized spacial score (nSPS) is 10.8. The highest BCUT2D eigenvalue weighted by molar-refractivity contribution is 5.27. The summed E-state index contributed by atoms with van der Waals surface area (Å²) in [6, 6.07) is 20.5. The van der Waals surface area contributed by atoms with E-state index in [9.17, 15) is 0 Å².